The summed E-state index contributed by atoms with van der Waals surface area (Å²) >= 11 is 0. The Morgan fingerprint density at radius 3 is 2.59 bits per heavy atom. The van der Waals surface area contributed by atoms with Crippen molar-refractivity contribution in [2.24, 2.45) is 4.99 Å². The molecule has 1 heterocycles. The van der Waals surface area contributed by atoms with Gasteiger partial charge in [0.25, 0.3) is 0 Å². The smallest absolute Gasteiger partial charge is 0.228 e. The zero-order chi connectivity index (χ0) is 18.9. The first-order valence-electron chi connectivity index (χ1n) is 8.93. The molecule has 150 valence electrons. The van der Waals surface area contributed by atoms with Crippen LogP contribution in [0.2, 0.25) is 0 Å². The van der Waals surface area contributed by atoms with Gasteiger partial charge in [-0.05, 0) is 19.1 Å². The SMILES string of the molecule is CN=C(NCCc1nc(C(C)C)no1)N(C)CCOc1ccc(C)cc1.I. The van der Waals surface area contributed by atoms with Crippen LogP contribution >= 0.6 is 24.0 Å². The lowest BCUT2D eigenvalue weighted by molar-refractivity contribution is 0.281. The van der Waals surface area contributed by atoms with E-state index in [1.807, 2.05) is 50.1 Å². The molecule has 0 radical (unpaired) electrons. The number of guanidine groups is 1. The van der Waals surface area contributed by atoms with E-state index in [0.29, 0.717) is 25.5 Å². The third-order valence-corrected chi connectivity index (χ3v) is 3.91. The van der Waals surface area contributed by atoms with Crippen molar-refractivity contribution in [2.45, 2.75) is 33.1 Å². The summed E-state index contributed by atoms with van der Waals surface area (Å²) < 4.78 is 11.0. The van der Waals surface area contributed by atoms with Crippen molar-refractivity contribution in [1.29, 1.82) is 0 Å². The Kier molecular flexibility index (Phi) is 10.1. The van der Waals surface area contributed by atoms with Gasteiger partial charge in [0.2, 0.25) is 5.89 Å². The number of hydrogen-bond acceptors (Lipinski definition) is 5. The standard InChI is InChI=1S/C19H29N5O2.HI/c1-14(2)18-22-17(26-23-18)10-11-21-19(20-4)24(5)12-13-25-16-8-6-15(3)7-9-16;/h6-9,14H,10-13H2,1-5H3,(H,20,21);1H. The van der Waals surface area contributed by atoms with Gasteiger partial charge in [0.05, 0.1) is 6.54 Å². The second-order valence-electron chi connectivity index (χ2n) is 6.51. The lowest BCUT2D eigenvalue weighted by Crippen LogP contribution is -2.41. The van der Waals surface area contributed by atoms with Crippen molar-refractivity contribution in [3.8, 4) is 5.75 Å². The highest BCUT2D eigenvalue weighted by Gasteiger charge is 2.10. The fraction of sp³-hybridized carbons (Fsp3) is 0.526. The van der Waals surface area contributed by atoms with E-state index in [9.17, 15) is 0 Å². The number of aromatic nitrogens is 2. The molecule has 0 atom stereocenters. The first kappa shape index (κ1) is 23.2. The topological polar surface area (TPSA) is 75.8 Å². The molecule has 0 aliphatic rings. The predicted octanol–water partition coefficient (Wildman–Crippen LogP) is 3.25. The van der Waals surface area contributed by atoms with Crippen molar-refractivity contribution in [2.75, 3.05) is 33.8 Å². The summed E-state index contributed by atoms with van der Waals surface area (Å²) in [5, 5.41) is 7.28. The van der Waals surface area contributed by atoms with Crippen LogP contribution in [-0.4, -0.2) is 54.8 Å². The molecule has 2 aromatic rings. The summed E-state index contributed by atoms with van der Waals surface area (Å²) in [6.45, 7) is 8.14. The Morgan fingerprint density at radius 1 is 1.30 bits per heavy atom. The van der Waals surface area contributed by atoms with E-state index >= 15 is 0 Å². The fourth-order valence-corrected chi connectivity index (χ4v) is 2.31. The van der Waals surface area contributed by atoms with Gasteiger partial charge < -0.3 is 19.5 Å². The molecule has 0 aliphatic carbocycles. The molecule has 1 aromatic heterocycles. The number of likely N-dealkylation sites (N-methyl/N-ethyl adjacent to an activating group) is 1. The molecule has 0 amide bonds. The second kappa shape index (κ2) is 11.8. The van der Waals surface area contributed by atoms with Gasteiger partial charge >= 0.3 is 0 Å². The van der Waals surface area contributed by atoms with Crippen LogP contribution in [0, 0.1) is 6.92 Å². The quantitative estimate of drug-likeness (QED) is 0.350. The van der Waals surface area contributed by atoms with Crippen LogP contribution in [0.3, 0.4) is 0 Å². The maximum atomic E-state index is 5.77. The molecule has 27 heavy (non-hydrogen) atoms. The van der Waals surface area contributed by atoms with Crippen LogP contribution in [0.4, 0.5) is 0 Å². The van der Waals surface area contributed by atoms with Crippen LogP contribution in [-0.2, 0) is 6.42 Å². The summed E-state index contributed by atoms with van der Waals surface area (Å²) in [7, 11) is 3.75. The predicted molar refractivity (Wildman–Crippen MR) is 118 cm³/mol. The Hall–Kier alpha value is -1.84. The minimum absolute atomic E-state index is 0. The van der Waals surface area contributed by atoms with E-state index < -0.39 is 0 Å². The Morgan fingerprint density at radius 2 is 2.00 bits per heavy atom. The second-order valence-corrected chi connectivity index (χ2v) is 6.51. The van der Waals surface area contributed by atoms with Gasteiger partial charge in [-0.25, -0.2) is 0 Å². The first-order chi connectivity index (χ1) is 12.5. The molecular formula is C19H30IN5O2. The van der Waals surface area contributed by atoms with Gasteiger partial charge in [0.1, 0.15) is 12.4 Å². The number of halogens is 1. The molecule has 0 spiro atoms. The number of nitrogens with zero attached hydrogens (tertiary/aromatic N) is 4. The van der Waals surface area contributed by atoms with Gasteiger partial charge in [-0.15, -0.1) is 24.0 Å². The zero-order valence-electron chi connectivity index (χ0n) is 16.7. The summed E-state index contributed by atoms with van der Waals surface area (Å²) in [4.78, 5) is 10.7. The molecule has 0 saturated heterocycles. The summed E-state index contributed by atoms with van der Waals surface area (Å²) in [5.41, 5.74) is 1.22. The van der Waals surface area contributed by atoms with E-state index in [0.717, 1.165) is 24.1 Å². The molecular weight excluding hydrogens is 457 g/mol. The van der Waals surface area contributed by atoms with Gasteiger partial charge in [-0.3, -0.25) is 4.99 Å². The van der Waals surface area contributed by atoms with E-state index in [-0.39, 0.29) is 29.9 Å². The lowest BCUT2D eigenvalue weighted by Gasteiger charge is -2.22. The Labute approximate surface area is 178 Å². The molecule has 0 saturated carbocycles. The van der Waals surface area contributed by atoms with Crippen LogP contribution < -0.4 is 10.1 Å². The van der Waals surface area contributed by atoms with Gasteiger partial charge in [-0.1, -0.05) is 36.7 Å². The average molecular weight is 487 g/mol. The number of aliphatic imine (C=N–C) groups is 1. The molecule has 7 nitrogen and oxygen atoms in total. The highest BCUT2D eigenvalue weighted by molar-refractivity contribution is 14.0. The highest BCUT2D eigenvalue weighted by Crippen LogP contribution is 2.11. The number of aryl methyl sites for hydroxylation is 1. The van der Waals surface area contributed by atoms with E-state index in [1.54, 1.807) is 7.05 Å². The van der Waals surface area contributed by atoms with Crippen LogP contribution in [0.25, 0.3) is 0 Å². The number of hydrogen-bond donors (Lipinski definition) is 1. The monoisotopic (exact) mass is 487 g/mol. The van der Waals surface area contributed by atoms with Crippen LogP contribution in [0.5, 0.6) is 5.75 Å². The third-order valence-electron chi connectivity index (χ3n) is 3.91. The highest BCUT2D eigenvalue weighted by atomic mass is 127. The van der Waals surface area contributed by atoms with E-state index in [2.05, 4.69) is 27.4 Å². The largest absolute Gasteiger partial charge is 0.492 e. The van der Waals surface area contributed by atoms with Crippen LogP contribution in [0.15, 0.2) is 33.8 Å². The maximum Gasteiger partial charge on any atom is 0.228 e. The van der Waals surface area contributed by atoms with Gasteiger partial charge in [-0.2, -0.15) is 4.98 Å². The summed E-state index contributed by atoms with van der Waals surface area (Å²) in [5.74, 6) is 3.34. The molecule has 2 rings (SSSR count). The molecule has 1 N–H and O–H groups in total. The molecule has 0 unspecified atom stereocenters. The molecule has 1 aromatic carbocycles. The lowest BCUT2D eigenvalue weighted by atomic mass is 10.2. The number of benzene rings is 1. The van der Waals surface area contributed by atoms with Gasteiger partial charge in [0, 0.05) is 33.0 Å². The van der Waals surface area contributed by atoms with Gasteiger partial charge in [0.15, 0.2) is 11.8 Å². The number of ether oxygens (including phenoxy) is 1. The van der Waals surface area contributed by atoms with E-state index in [4.69, 9.17) is 9.26 Å². The summed E-state index contributed by atoms with van der Waals surface area (Å²) in [6, 6.07) is 8.06. The molecule has 0 aliphatic heterocycles. The van der Waals surface area contributed by atoms with E-state index in [1.165, 1.54) is 5.56 Å². The Bertz CT molecular complexity index is 700. The minimum atomic E-state index is 0. The number of nitrogens with one attached hydrogen (secondary N) is 1. The zero-order valence-corrected chi connectivity index (χ0v) is 19.1. The van der Waals surface area contributed by atoms with Crippen molar-refractivity contribution >= 4 is 29.9 Å². The fourth-order valence-electron chi connectivity index (χ4n) is 2.31. The summed E-state index contributed by atoms with van der Waals surface area (Å²) in [6.07, 6.45) is 0.659. The van der Waals surface area contributed by atoms with Crippen molar-refractivity contribution < 1.29 is 9.26 Å². The third kappa shape index (κ3) is 7.74. The minimum Gasteiger partial charge on any atom is -0.492 e. The normalized spacial score (nSPS) is 11.3. The molecule has 0 fully saturated rings. The van der Waals surface area contributed by atoms with Crippen molar-refractivity contribution in [3.05, 3.63) is 41.5 Å². The average Bonchev–Trinajstić information content (AvgIpc) is 3.09. The first-order valence-corrected chi connectivity index (χ1v) is 8.93. The van der Waals surface area contributed by atoms with Crippen LogP contribution in [0.1, 0.15) is 37.0 Å². The van der Waals surface area contributed by atoms with Crippen molar-refractivity contribution in [3.63, 3.8) is 0 Å². The van der Waals surface area contributed by atoms with Crippen molar-refractivity contribution in [1.82, 2.24) is 20.4 Å². The number of rotatable bonds is 8. The molecule has 8 heteroatoms. The Balaban J connectivity index is 0.00000364. The maximum absolute atomic E-state index is 5.77. The molecule has 0 bridgehead atoms.